The standard InChI is InChI=1S/C16H18FNO/c1-3-15(12-5-7-13(19)8-6-12)18-16-9-4-11(2)10-14(16)17/h4-10,15,18-19H,3H2,1-2H3. The second kappa shape index (κ2) is 5.74. The lowest BCUT2D eigenvalue weighted by Gasteiger charge is -2.19. The maximum Gasteiger partial charge on any atom is 0.146 e. The fraction of sp³-hybridized carbons (Fsp3) is 0.250. The lowest BCUT2D eigenvalue weighted by atomic mass is 10.0. The first-order valence-electron chi connectivity index (χ1n) is 6.41. The second-order valence-corrected chi connectivity index (χ2v) is 4.68. The summed E-state index contributed by atoms with van der Waals surface area (Å²) in [6.45, 7) is 3.90. The van der Waals surface area contributed by atoms with Crippen molar-refractivity contribution < 1.29 is 9.50 Å². The summed E-state index contributed by atoms with van der Waals surface area (Å²) < 4.78 is 13.8. The van der Waals surface area contributed by atoms with Gasteiger partial charge in [0.15, 0.2) is 0 Å². The van der Waals surface area contributed by atoms with Crippen LogP contribution in [-0.4, -0.2) is 5.11 Å². The van der Waals surface area contributed by atoms with Crippen molar-refractivity contribution in [2.45, 2.75) is 26.3 Å². The van der Waals surface area contributed by atoms with Crippen LogP contribution in [0.25, 0.3) is 0 Å². The van der Waals surface area contributed by atoms with Gasteiger partial charge in [0.25, 0.3) is 0 Å². The Morgan fingerprint density at radius 3 is 2.42 bits per heavy atom. The zero-order chi connectivity index (χ0) is 13.8. The van der Waals surface area contributed by atoms with Crippen LogP contribution in [0.2, 0.25) is 0 Å². The molecule has 2 N–H and O–H groups in total. The van der Waals surface area contributed by atoms with Crippen LogP contribution in [-0.2, 0) is 0 Å². The van der Waals surface area contributed by atoms with Gasteiger partial charge < -0.3 is 10.4 Å². The molecule has 0 fully saturated rings. The van der Waals surface area contributed by atoms with Gasteiger partial charge >= 0.3 is 0 Å². The summed E-state index contributed by atoms with van der Waals surface area (Å²) in [7, 11) is 0. The molecule has 0 aliphatic heterocycles. The molecule has 0 heterocycles. The van der Waals surface area contributed by atoms with Gasteiger partial charge in [-0.05, 0) is 48.7 Å². The highest BCUT2D eigenvalue weighted by molar-refractivity contribution is 5.48. The largest absolute Gasteiger partial charge is 0.508 e. The van der Waals surface area contributed by atoms with Gasteiger partial charge in [-0.25, -0.2) is 4.39 Å². The first-order valence-corrected chi connectivity index (χ1v) is 6.41. The molecule has 1 atom stereocenters. The Labute approximate surface area is 112 Å². The van der Waals surface area contributed by atoms with E-state index in [2.05, 4.69) is 5.32 Å². The molecule has 2 aromatic rings. The maximum absolute atomic E-state index is 13.8. The van der Waals surface area contributed by atoms with Crippen molar-refractivity contribution in [3.05, 3.63) is 59.4 Å². The minimum absolute atomic E-state index is 0.0257. The van der Waals surface area contributed by atoms with Gasteiger partial charge in [-0.15, -0.1) is 0 Å². The SMILES string of the molecule is CCC(Nc1ccc(C)cc1F)c1ccc(O)cc1. The van der Waals surface area contributed by atoms with Crippen LogP contribution in [0, 0.1) is 12.7 Å². The molecular formula is C16H18FNO. The number of hydrogen-bond acceptors (Lipinski definition) is 2. The Hall–Kier alpha value is -2.03. The molecule has 2 rings (SSSR count). The van der Waals surface area contributed by atoms with Gasteiger partial charge in [0.1, 0.15) is 11.6 Å². The van der Waals surface area contributed by atoms with Gasteiger partial charge in [-0.2, -0.15) is 0 Å². The molecular weight excluding hydrogens is 241 g/mol. The van der Waals surface area contributed by atoms with E-state index in [0.717, 1.165) is 17.5 Å². The molecule has 0 amide bonds. The molecule has 0 saturated heterocycles. The third-order valence-corrected chi connectivity index (χ3v) is 3.16. The number of phenolic OH excluding ortho intramolecular Hbond substituents is 1. The number of nitrogens with one attached hydrogen (secondary N) is 1. The highest BCUT2D eigenvalue weighted by Crippen LogP contribution is 2.26. The van der Waals surface area contributed by atoms with E-state index in [1.165, 1.54) is 6.07 Å². The molecule has 0 saturated carbocycles. The average Bonchev–Trinajstić information content (AvgIpc) is 2.39. The minimum Gasteiger partial charge on any atom is -0.508 e. The van der Waals surface area contributed by atoms with E-state index in [4.69, 9.17) is 0 Å². The lowest BCUT2D eigenvalue weighted by Crippen LogP contribution is -2.10. The summed E-state index contributed by atoms with van der Waals surface area (Å²) in [4.78, 5) is 0. The summed E-state index contributed by atoms with van der Waals surface area (Å²) in [6, 6.07) is 12.2. The quantitative estimate of drug-likeness (QED) is 0.852. The number of hydrogen-bond donors (Lipinski definition) is 2. The van der Waals surface area contributed by atoms with Gasteiger partial charge in [-0.1, -0.05) is 25.1 Å². The molecule has 0 aliphatic rings. The van der Waals surface area contributed by atoms with Crippen LogP contribution < -0.4 is 5.32 Å². The number of aryl methyl sites for hydroxylation is 1. The fourth-order valence-electron chi connectivity index (χ4n) is 2.05. The van der Waals surface area contributed by atoms with Crippen molar-refractivity contribution >= 4 is 5.69 Å². The van der Waals surface area contributed by atoms with Crippen molar-refractivity contribution in [3.8, 4) is 5.75 Å². The summed E-state index contributed by atoms with van der Waals surface area (Å²) in [5.41, 5.74) is 2.44. The van der Waals surface area contributed by atoms with Crippen molar-refractivity contribution in [3.63, 3.8) is 0 Å². The zero-order valence-corrected chi connectivity index (χ0v) is 11.2. The number of phenols is 1. The van der Waals surface area contributed by atoms with E-state index in [-0.39, 0.29) is 17.6 Å². The zero-order valence-electron chi connectivity index (χ0n) is 11.2. The Kier molecular flexibility index (Phi) is 4.05. The summed E-state index contributed by atoms with van der Waals surface area (Å²) in [5, 5.41) is 12.5. The Bertz CT molecular complexity index is 551. The number of aromatic hydroxyl groups is 1. The summed E-state index contributed by atoms with van der Waals surface area (Å²) >= 11 is 0. The molecule has 0 spiro atoms. The van der Waals surface area contributed by atoms with Gasteiger partial charge in [-0.3, -0.25) is 0 Å². The van der Waals surface area contributed by atoms with Gasteiger partial charge in [0.2, 0.25) is 0 Å². The summed E-state index contributed by atoms with van der Waals surface area (Å²) in [6.07, 6.45) is 0.831. The van der Waals surface area contributed by atoms with Crippen molar-refractivity contribution in [1.29, 1.82) is 0 Å². The lowest BCUT2D eigenvalue weighted by molar-refractivity contribution is 0.475. The predicted molar refractivity (Wildman–Crippen MR) is 75.9 cm³/mol. The Morgan fingerprint density at radius 2 is 1.84 bits per heavy atom. The van der Waals surface area contributed by atoms with E-state index in [1.54, 1.807) is 18.2 Å². The smallest absolute Gasteiger partial charge is 0.146 e. The normalized spacial score (nSPS) is 12.2. The van der Waals surface area contributed by atoms with Gasteiger partial charge in [0, 0.05) is 0 Å². The van der Waals surface area contributed by atoms with Crippen LogP contribution in [0.15, 0.2) is 42.5 Å². The molecule has 0 bridgehead atoms. The number of benzene rings is 2. The van der Waals surface area contributed by atoms with Crippen molar-refractivity contribution in [2.75, 3.05) is 5.32 Å². The van der Waals surface area contributed by atoms with Crippen molar-refractivity contribution in [1.82, 2.24) is 0 Å². The molecule has 19 heavy (non-hydrogen) atoms. The van der Waals surface area contributed by atoms with E-state index >= 15 is 0 Å². The van der Waals surface area contributed by atoms with Crippen LogP contribution in [0.1, 0.15) is 30.5 Å². The molecule has 0 radical (unpaired) electrons. The van der Waals surface area contributed by atoms with Gasteiger partial charge in [0.05, 0.1) is 11.7 Å². The second-order valence-electron chi connectivity index (χ2n) is 4.68. The highest BCUT2D eigenvalue weighted by atomic mass is 19.1. The average molecular weight is 259 g/mol. The first kappa shape index (κ1) is 13.4. The number of anilines is 1. The van der Waals surface area contributed by atoms with E-state index in [0.29, 0.717) is 5.69 Å². The van der Waals surface area contributed by atoms with Crippen LogP contribution >= 0.6 is 0 Å². The molecule has 0 aromatic heterocycles. The highest BCUT2D eigenvalue weighted by Gasteiger charge is 2.11. The molecule has 2 aromatic carbocycles. The molecule has 2 nitrogen and oxygen atoms in total. The van der Waals surface area contributed by atoms with Crippen LogP contribution in [0.5, 0.6) is 5.75 Å². The van der Waals surface area contributed by atoms with E-state index in [9.17, 15) is 9.50 Å². The Morgan fingerprint density at radius 1 is 1.16 bits per heavy atom. The minimum atomic E-state index is -0.239. The topological polar surface area (TPSA) is 32.3 Å². The predicted octanol–water partition coefficient (Wildman–Crippen LogP) is 4.40. The molecule has 3 heteroatoms. The van der Waals surface area contributed by atoms with Crippen LogP contribution in [0.3, 0.4) is 0 Å². The number of halogens is 1. The Balaban J connectivity index is 2.21. The monoisotopic (exact) mass is 259 g/mol. The molecule has 0 aliphatic carbocycles. The maximum atomic E-state index is 13.8. The third kappa shape index (κ3) is 3.25. The first-order chi connectivity index (χ1) is 9.10. The van der Waals surface area contributed by atoms with Crippen molar-refractivity contribution in [2.24, 2.45) is 0 Å². The summed E-state index contributed by atoms with van der Waals surface area (Å²) in [5.74, 6) is -0.00246. The molecule has 1 unspecified atom stereocenters. The van der Waals surface area contributed by atoms with E-state index < -0.39 is 0 Å². The number of rotatable bonds is 4. The van der Waals surface area contributed by atoms with E-state index in [1.807, 2.05) is 32.0 Å². The van der Waals surface area contributed by atoms with Crippen LogP contribution in [0.4, 0.5) is 10.1 Å². The fourth-order valence-corrected chi connectivity index (χ4v) is 2.05. The molecule has 100 valence electrons. The third-order valence-electron chi connectivity index (χ3n) is 3.16.